The van der Waals surface area contributed by atoms with E-state index in [1.807, 2.05) is 0 Å². The molecule has 1 aromatic heterocycles. The summed E-state index contributed by atoms with van der Waals surface area (Å²) in [5, 5.41) is 2.06. The van der Waals surface area contributed by atoms with Gasteiger partial charge >= 0.3 is 0 Å². The van der Waals surface area contributed by atoms with Gasteiger partial charge in [0, 0.05) is 6.26 Å². The van der Waals surface area contributed by atoms with Crippen molar-refractivity contribution in [1.29, 1.82) is 0 Å². The third-order valence-electron chi connectivity index (χ3n) is 2.54. The van der Waals surface area contributed by atoms with Gasteiger partial charge in [-0.25, -0.2) is 8.42 Å². The largest absolute Gasteiger partial charge is 0.321 e. The smallest absolute Gasteiger partial charge is 0.245 e. The van der Waals surface area contributed by atoms with E-state index in [1.165, 1.54) is 13.8 Å². The first kappa shape index (κ1) is 14.5. The van der Waals surface area contributed by atoms with Gasteiger partial charge in [0.25, 0.3) is 0 Å². The summed E-state index contributed by atoms with van der Waals surface area (Å²) < 4.78 is 46.8. The normalized spacial score (nSPS) is 12.3. The Balaban J connectivity index is 3.02. The Morgan fingerprint density at radius 3 is 2.33 bits per heavy atom. The second kappa shape index (κ2) is 4.60. The summed E-state index contributed by atoms with van der Waals surface area (Å²) in [5.41, 5.74) is -0.377. The van der Waals surface area contributed by atoms with Gasteiger partial charge in [0.15, 0.2) is 9.84 Å². The van der Waals surface area contributed by atoms with Crippen LogP contribution in [0.4, 0.5) is 14.5 Å². The van der Waals surface area contributed by atoms with E-state index < -0.39 is 32.4 Å². The second-order valence-electron chi connectivity index (χ2n) is 4.21. The van der Waals surface area contributed by atoms with E-state index >= 15 is 0 Å². The molecule has 18 heavy (non-hydrogen) atoms. The first-order valence-corrected chi connectivity index (χ1v) is 6.78. The maximum atomic E-state index is 13.2. The number of carbonyl (C=O) groups is 1. The van der Waals surface area contributed by atoms with Crippen LogP contribution >= 0.6 is 0 Å². The molecule has 0 fully saturated rings. The molecule has 0 spiro atoms. The van der Waals surface area contributed by atoms with Gasteiger partial charge < -0.3 is 5.32 Å². The van der Waals surface area contributed by atoms with Gasteiger partial charge in [0.2, 0.25) is 17.8 Å². The summed E-state index contributed by atoms with van der Waals surface area (Å²) in [4.78, 5) is 14.6. The summed E-state index contributed by atoms with van der Waals surface area (Å²) in [7, 11) is -3.67. The summed E-state index contributed by atoms with van der Waals surface area (Å²) in [6.45, 7) is 2.37. The molecule has 1 N–H and O–H groups in total. The van der Waals surface area contributed by atoms with Crippen molar-refractivity contribution in [2.45, 2.75) is 18.6 Å². The van der Waals surface area contributed by atoms with Crippen LogP contribution in [0.2, 0.25) is 0 Å². The van der Waals surface area contributed by atoms with Crippen LogP contribution < -0.4 is 5.32 Å². The zero-order valence-electron chi connectivity index (χ0n) is 9.99. The molecule has 0 saturated heterocycles. The fraction of sp³-hybridized carbons (Fsp3) is 0.400. The van der Waals surface area contributed by atoms with Gasteiger partial charge in [0.05, 0.1) is 5.69 Å². The first-order chi connectivity index (χ1) is 8.05. The van der Waals surface area contributed by atoms with Crippen LogP contribution in [0.5, 0.6) is 0 Å². The van der Waals surface area contributed by atoms with Crippen LogP contribution in [-0.2, 0) is 14.6 Å². The maximum absolute atomic E-state index is 13.2. The molecule has 1 heterocycles. The summed E-state index contributed by atoms with van der Waals surface area (Å²) in [6, 6.07) is 1.82. The molecule has 0 aliphatic rings. The van der Waals surface area contributed by atoms with Gasteiger partial charge in [-0.3, -0.25) is 4.79 Å². The number of aromatic nitrogens is 1. The highest BCUT2D eigenvalue weighted by Gasteiger charge is 2.38. The highest BCUT2D eigenvalue weighted by atomic mass is 32.2. The number of carbonyl (C=O) groups excluding carboxylic acids is 1. The van der Waals surface area contributed by atoms with Crippen molar-refractivity contribution < 1.29 is 22.0 Å². The number of anilines is 1. The molecule has 0 unspecified atom stereocenters. The zero-order chi connectivity index (χ0) is 14.1. The Labute approximate surface area is 103 Å². The standard InChI is InChI=1S/C10H12F2N2O3S/c1-10(2,18(3,16)17)9(15)13-6-4-5-7(11)14-8(6)12/h4-5H,1-3H3,(H,13,15). The summed E-state index contributed by atoms with van der Waals surface area (Å²) in [6.07, 6.45) is 0.895. The van der Waals surface area contributed by atoms with Gasteiger partial charge in [-0.15, -0.1) is 0 Å². The van der Waals surface area contributed by atoms with Crippen LogP contribution in [0.15, 0.2) is 12.1 Å². The van der Waals surface area contributed by atoms with Crippen molar-refractivity contribution in [2.24, 2.45) is 0 Å². The molecule has 1 rings (SSSR count). The lowest BCUT2D eigenvalue weighted by atomic mass is 10.2. The average Bonchev–Trinajstić information content (AvgIpc) is 2.20. The van der Waals surface area contributed by atoms with Gasteiger partial charge in [-0.1, -0.05) is 0 Å². The minimum atomic E-state index is -3.67. The van der Waals surface area contributed by atoms with Gasteiger partial charge in [0.1, 0.15) is 4.75 Å². The molecule has 0 aliphatic carbocycles. The quantitative estimate of drug-likeness (QED) is 0.841. The van der Waals surface area contributed by atoms with E-state index in [0.717, 1.165) is 18.4 Å². The monoisotopic (exact) mass is 278 g/mol. The van der Waals surface area contributed by atoms with Crippen LogP contribution in [-0.4, -0.2) is 30.3 Å². The lowest BCUT2D eigenvalue weighted by Crippen LogP contribution is -2.44. The number of nitrogens with zero attached hydrogens (tertiary/aromatic N) is 1. The third kappa shape index (κ3) is 2.81. The van der Waals surface area contributed by atoms with Crippen molar-refractivity contribution in [2.75, 3.05) is 11.6 Å². The fourth-order valence-corrected chi connectivity index (χ4v) is 1.33. The van der Waals surface area contributed by atoms with Crippen LogP contribution in [0.3, 0.4) is 0 Å². The Kier molecular flexibility index (Phi) is 3.70. The lowest BCUT2D eigenvalue weighted by Gasteiger charge is -2.21. The van der Waals surface area contributed by atoms with E-state index in [-0.39, 0.29) is 5.69 Å². The minimum Gasteiger partial charge on any atom is -0.321 e. The average molecular weight is 278 g/mol. The highest BCUT2D eigenvalue weighted by molar-refractivity contribution is 7.92. The van der Waals surface area contributed by atoms with Crippen molar-refractivity contribution in [3.8, 4) is 0 Å². The molecular formula is C10H12F2N2O3S. The van der Waals surface area contributed by atoms with E-state index in [1.54, 1.807) is 0 Å². The van der Waals surface area contributed by atoms with Gasteiger partial charge in [-0.2, -0.15) is 13.8 Å². The summed E-state index contributed by atoms with van der Waals surface area (Å²) >= 11 is 0. The molecular weight excluding hydrogens is 266 g/mol. The van der Waals surface area contributed by atoms with E-state index in [0.29, 0.717) is 0 Å². The van der Waals surface area contributed by atoms with Gasteiger partial charge in [-0.05, 0) is 26.0 Å². The number of rotatable bonds is 3. The number of halogens is 2. The molecule has 8 heteroatoms. The molecule has 0 atom stereocenters. The minimum absolute atomic E-state index is 0.377. The number of amides is 1. The first-order valence-electron chi connectivity index (χ1n) is 4.89. The van der Waals surface area contributed by atoms with Crippen LogP contribution in [0.25, 0.3) is 0 Å². The van der Waals surface area contributed by atoms with Crippen molar-refractivity contribution in [3.05, 3.63) is 24.0 Å². The lowest BCUT2D eigenvalue weighted by molar-refractivity contribution is -0.117. The summed E-state index contributed by atoms with van der Waals surface area (Å²) in [5.74, 6) is -3.17. The van der Waals surface area contributed by atoms with Crippen molar-refractivity contribution >= 4 is 21.4 Å². The van der Waals surface area contributed by atoms with Crippen molar-refractivity contribution in [3.63, 3.8) is 0 Å². The number of nitrogens with one attached hydrogen (secondary N) is 1. The van der Waals surface area contributed by atoms with E-state index in [2.05, 4.69) is 10.3 Å². The predicted molar refractivity (Wildman–Crippen MR) is 61.7 cm³/mol. The second-order valence-corrected chi connectivity index (χ2v) is 6.77. The zero-order valence-corrected chi connectivity index (χ0v) is 10.8. The fourth-order valence-electron chi connectivity index (χ4n) is 0.947. The van der Waals surface area contributed by atoms with E-state index in [4.69, 9.17) is 0 Å². The maximum Gasteiger partial charge on any atom is 0.245 e. The molecule has 0 aliphatic heterocycles. The molecule has 100 valence electrons. The number of hydrogen-bond donors (Lipinski definition) is 1. The molecule has 0 saturated carbocycles. The molecule has 0 bridgehead atoms. The number of pyridine rings is 1. The topological polar surface area (TPSA) is 76.1 Å². The van der Waals surface area contributed by atoms with E-state index in [9.17, 15) is 22.0 Å². The molecule has 1 aromatic rings. The third-order valence-corrected chi connectivity index (χ3v) is 4.58. The Hall–Kier alpha value is -1.57. The van der Waals surface area contributed by atoms with Crippen LogP contribution in [0.1, 0.15) is 13.8 Å². The predicted octanol–water partition coefficient (Wildman–Crippen LogP) is 1.12. The Morgan fingerprint density at radius 2 is 1.89 bits per heavy atom. The SMILES string of the molecule is CC(C)(C(=O)Nc1ccc(F)nc1F)S(C)(=O)=O. The molecule has 0 aromatic carbocycles. The Bertz CT molecular complexity index is 585. The number of hydrogen-bond acceptors (Lipinski definition) is 4. The van der Waals surface area contributed by atoms with Crippen LogP contribution in [0, 0.1) is 11.9 Å². The molecule has 5 nitrogen and oxygen atoms in total. The van der Waals surface area contributed by atoms with Crippen molar-refractivity contribution in [1.82, 2.24) is 4.98 Å². The molecule has 0 radical (unpaired) electrons. The molecule has 1 amide bonds. The highest BCUT2D eigenvalue weighted by Crippen LogP contribution is 2.19. The number of sulfone groups is 1. The Morgan fingerprint density at radius 1 is 1.33 bits per heavy atom.